The van der Waals surface area contributed by atoms with Gasteiger partial charge < -0.3 is 27.7 Å². The van der Waals surface area contributed by atoms with Crippen molar-refractivity contribution >= 4 is 0 Å². The average molecular weight is 1220 g/mol. The van der Waals surface area contributed by atoms with Crippen LogP contribution in [-0.2, 0) is 37.9 Å². The minimum absolute atomic E-state index is 0. The number of hydrogen-bond acceptors (Lipinski definition) is 3. The molecule has 0 bridgehead atoms. The largest absolute Gasteiger partial charge is 1.00 e. The molecule has 7 rings (SSSR count). The van der Waals surface area contributed by atoms with Crippen molar-refractivity contribution in [3.05, 3.63) is 258 Å². The van der Waals surface area contributed by atoms with E-state index >= 15 is 0 Å². The summed E-state index contributed by atoms with van der Waals surface area (Å²) in [6.07, 6.45) is 7.33. The van der Waals surface area contributed by atoms with E-state index < -0.39 is 16.8 Å². The first-order valence-electron chi connectivity index (χ1n) is 25.8. The number of hydrogen-bond donors (Lipinski definition) is 3. The first-order chi connectivity index (χ1) is 34.8. The van der Waals surface area contributed by atoms with Crippen LogP contribution in [0, 0.1) is 36.0 Å². The normalized spacial score (nSPS) is 8.64. The zero-order chi connectivity index (χ0) is 54.8. The summed E-state index contributed by atoms with van der Waals surface area (Å²) in [6.45, 7) is 33.7. The van der Waals surface area contributed by atoms with Gasteiger partial charge in [0.2, 0.25) is 0 Å². The molecule has 0 saturated heterocycles. The fourth-order valence-corrected chi connectivity index (χ4v) is 5.87. The maximum absolute atomic E-state index is 11.2. The van der Waals surface area contributed by atoms with Crippen LogP contribution in [-0.4, -0.2) is 15.3 Å². The second kappa shape index (κ2) is 53.9. The van der Waals surface area contributed by atoms with E-state index in [0.29, 0.717) is 11.1 Å². The fourth-order valence-electron chi connectivity index (χ4n) is 5.87. The van der Waals surface area contributed by atoms with Crippen molar-refractivity contribution in [2.24, 2.45) is 0 Å². The van der Waals surface area contributed by atoms with E-state index in [2.05, 4.69) is 29.6 Å². The molecule has 3 nitrogen and oxygen atoms in total. The summed E-state index contributed by atoms with van der Waals surface area (Å²) >= 11 is 0. The summed E-state index contributed by atoms with van der Waals surface area (Å²) < 4.78 is 0. The Hall–Kier alpha value is -4.41. The molecule has 5 heteroatoms. The van der Waals surface area contributed by atoms with E-state index in [4.69, 9.17) is 6.42 Å². The zero-order valence-electron chi connectivity index (χ0n) is 48.0. The Balaban J connectivity index is -0.000000201. The molecule has 0 atom stereocenters. The van der Waals surface area contributed by atoms with Crippen LogP contribution in [0.15, 0.2) is 212 Å². The molecular weight excluding hydrogens is 1130 g/mol. The quantitative estimate of drug-likeness (QED) is 0.115. The van der Waals surface area contributed by atoms with Gasteiger partial charge in [0.25, 0.3) is 0 Å². The van der Waals surface area contributed by atoms with E-state index in [-0.39, 0.29) is 79.3 Å². The minimum Gasteiger partial charge on any atom is -0.690 e. The van der Waals surface area contributed by atoms with Gasteiger partial charge >= 0.3 is 58.2 Å². The topological polar surface area (TPSA) is 60.7 Å². The van der Waals surface area contributed by atoms with Crippen LogP contribution in [0.1, 0.15) is 157 Å². The zero-order valence-corrected chi connectivity index (χ0v) is 55.8. The molecule has 3 N–H and O–H groups in total. The second-order valence-electron chi connectivity index (χ2n) is 12.4. The van der Waals surface area contributed by atoms with Crippen LogP contribution >= 0.6 is 0 Å². The summed E-state index contributed by atoms with van der Waals surface area (Å²) in [7, 11) is 0. The van der Waals surface area contributed by atoms with Crippen molar-refractivity contribution in [3.63, 3.8) is 0 Å². The SMILES string of the molecule is CC.CC.CC.CC.CC.CC.CC.CC.CC#CC(O)(c1ccccc1)c1ccccc1.OC(C#Cc1ccccc1)(c1ccccc1)c1ccccc1.[C-]#CC(O)(c1ccccc1)c1ccccc1.[Rb+].[W]. The molecule has 0 saturated carbocycles. The Bertz CT molecular complexity index is 2250. The minimum atomic E-state index is -1.46. The molecule has 0 aliphatic heterocycles. The van der Waals surface area contributed by atoms with Gasteiger partial charge in [0.05, 0.1) is 0 Å². The van der Waals surface area contributed by atoms with E-state index in [0.717, 1.165) is 27.8 Å². The third-order valence-electron chi connectivity index (χ3n) is 8.80. The molecule has 0 aromatic heterocycles. The molecule has 7 aromatic rings. The van der Waals surface area contributed by atoms with Gasteiger partial charge in [-0.05, 0) is 30.2 Å². The Morgan fingerprint density at radius 1 is 0.301 bits per heavy atom. The molecule has 73 heavy (non-hydrogen) atoms. The summed E-state index contributed by atoms with van der Waals surface area (Å²) in [6, 6.07) is 66.0. The summed E-state index contributed by atoms with van der Waals surface area (Å²) in [5, 5.41) is 32.5. The summed E-state index contributed by atoms with van der Waals surface area (Å²) in [5.74, 6) is 14.1. The van der Waals surface area contributed by atoms with E-state index in [1.807, 2.05) is 299 Å². The Kier molecular flexibility index (Phi) is 59.0. The predicted octanol–water partition coefficient (Wildman–Crippen LogP) is 14.6. The smallest absolute Gasteiger partial charge is 0.690 e. The van der Waals surface area contributed by atoms with E-state index in [9.17, 15) is 15.3 Å². The molecule has 7 aromatic carbocycles. The van der Waals surface area contributed by atoms with Gasteiger partial charge in [-0.2, -0.15) is 0 Å². The maximum Gasteiger partial charge on any atom is 1.00 e. The van der Waals surface area contributed by atoms with Crippen molar-refractivity contribution in [3.8, 4) is 29.6 Å². The van der Waals surface area contributed by atoms with Crippen molar-refractivity contribution in [1.82, 2.24) is 0 Å². The third-order valence-corrected chi connectivity index (χ3v) is 8.80. The Labute approximate surface area is 510 Å². The van der Waals surface area contributed by atoms with Gasteiger partial charge in [0.15, 0.2) is 11.2 Å². The predicted molar refractivity (Wildman–Crippen MR) is 312 cm³/mol. The second-order valence-corrected chi connectivity index (χ2v) is 12.4. The molecular formula is C68H89O3RbW. The van der Waals surface area contributed by atoms with Crippen LogP contribution in [0.25, 0.3) is 0 Å². The fraction of sp³-hybridized carbons (Fsp3) is 0.294. The Morgan fingerprint density at radius 3 is 0.671 bits per heavy atom. The molecule has 0 fully saturated rings. The van der Waals surface area contributed by atoms with Crippen LogP contribution in [0.4, 0.5) is 0 Å². The first kappa shape index (κ1) is 80.0. The molecule has 0 spiro atoms. The van der Waals surface area contributed by atoms with E-state index in [1.165, 1.54) is 0 Å². The van der Waals surface area contributed by atoms with Crippen LogP contribution in [0.2, 0.25) is 0 Å². The van der Waals surface area contributed by atoms with Gasteiger partial charge in [-0.15, -0.1) is 5.92 Å². The molecule has 0 heterocycles. The molecule has 0 radical (unpaired) electrons. The van der Waals surface area contributed by atoms with Gasteiger partial charge in [-0.25, -0.2) is 0 Å². The molecule has 0 aliphatic rings. The van der Waals surface area contributed by atoms with Gasteiger partial charge in [-0.1, -0.05) is 329 Å². The van der Waals surface area contributed by atoms with Crippen molar-refractivity contribution < 1.29 is 94.6 Å². The van der Waals surface area contributed by atoms with Gasteiger partial charge in [0, 0.05) is 48.9 Å². The van der Waals surface area contributed by atoms with Crippen LogP contribution < -0.4 is 58.2 Å². The van der Waals surface area contributed by atoms with Crippen LogP contribution in [0.3, 0.4) is 0 Å². The third kappa shape index (κ3) is 28.7. The number of aliphatic hydroxyl groups is 3. The summed E-state index contributed by atoms with van der Waals surface area (Å²) in [5.41, 5.74) is 1.30. The number of rotatable bonds is 6. The molecule has 0 unspecified atom stereocenters. The maximum atomic E-state index is 11.2. The summed E-state index contributed by atoms with van der Waals surface area (Å²) in [4.78, 5) is 0. The number of benzene rings is 7. The van der Waals surface area contributed by atoms with Crippen molar-refractivity contribution in [1.29, 1.82) is 0 Å². The average Bonchev–Trinajstić information content (AvgIpc) is 3.50. The molecule has 0 aliphatic carbocycles. The van der Waals surface area contributed by atoms with E-state index in [1.54, 1.807) is 31.2 Å². The first-order valence-corrected chi connectivity index (χ1v) is 25.8. The van der Waals surface area contributed by atoms with Crippen molar-refractivity contribution in [2.75, 3.05) is 0 Å². The Morgan fingerprint density at radius 2 is 0.479 bits per heavy atom. The van der Waals surface area contributed by atoms with Gasteiger partial charge in [0.1, 0.15) is 5.60 Å². The van der Waals surface area contributed by atoms with Gasteiger partial charge in [-0.3, -0.25) is 0 Å². The monoisotopic (exact) mass is 1220 g/mol. The standard InChI is InChI=1S/C21H16O.C16H14O.C15H11O.8C2H6.Rb.W/c22-21(19-12-6-2-7-13-19,20-14-8-3-9-15-20)17-16-18-10-4-1-5-11-18;1-2-13-16(17,14-9-5-3-6-10-14)15-11-7-4-8-12-15;1-2-15(16,13-9-5-3-6-10-13)14-11-7-4-8-12-14;8*1-2;;/h1-15,22H;3-12,17H,1H3;3-12,16H;8*1-2H3;;/q;;-1;;;;;;;;;+1;. The molecule has 0 amide bonds. The molecule has 386 valence electrons. The van der Waals surface area contributed by atoms with Crippen molar-refractivity contribution in [2.45, 2.75) is 135 Å². The van der Waals surface area contributed by atoms with Crippen LogP contribution in [0.5, 0.6) is 0 Å².